The number of nitrogens with zero attached hydrogens (tertiary/aromatic N) is 1. The molecule has 3 nitrogen and oxygen atoms in total. The molecule has 1 saturated heterocycles. The second-order valence-electron chi connectivity index (χ2n) is 3.81. The van der Waals surface area contributed by atoms with Gasteiger partial charge in [-0.05, 0) is 26.3 Å². The topological polar surface area (TPSA) is 45.2 Å². The molecule has 0 saturated carbocycles. The van der Waals surface area contributed by atoms with Crippen LogP contribution in [-0.2, 0) is 0 Å². The molecule has 0 bridgehead atoms. The minimum Gasteiger partial charge on any atom is -0.384 e. The summed E-state index contributed by atoms with van der Waals surface area (Å²) >= 11 is 1.59. The van der Waals surface area contributed by atoms with Gasteiger partial charge in [-0.2, -0.15) is 0 Å². The van der Waals surface area contributed by atoms with Gasteiger partial charge in [0.1, 0.15) is 11.1 Å². The maximum absolute atomic E-state index is 10.0. The van der Waals surface area contributed by atoms with Crippen LogP contribution in [0.4, 0.5) is 0 Å². The van der Waals surface area contributed by atoms with E-state index >= 15 is 0 Å². The smallest absolute Gasteiger partial charge is 0.123 e. The van der Waals surface area contributed by atoms with Crippen molar-refractivity contribution in [3.63, 3.8) is 0 Å². The van der Waals surface area contributed by atoms with Crippen LogP contribution in [-0.4, -0.2) is 22.7 Å². The van der Waals surface area contributed by atoms with Gasteiger partial charge in [0.2, 0.25) is 0 Å². The van der Waals surface area contributed by atoms with Crippen molar-refractivity contribution in [2.45, 2.75) is 38.3 Å². The Hall–Kier alpha value is -0.450. The highest BCUT2D eigenvalue weighted by molar-refractivity contribution is 7.11. The summed E-state index contributed by atoms with van der Waals surface area (Å²) < 4.78 is 0. The fraction of sp³-hybridized carbons (Fsp3) is 0.700. The Kier molecular flexibility index (Phi) is 3.15. The van der Waals surface area contributed by atoms with Gasteiger partial charge in [-0.1, -0.05) is 6.42 Å². The van der Waals surface area contributed by atoms with Gasteiger partial charge in [0.15, 0.2) is 0 Å². The van der Waals surface area contributed by atoms with Crippen molar-refractivity contribution >= 4 is 11.3 Å². The van der Waals surface area contributed by atoms with E-state index in [9.17, 15) is 5.11 Å². The van der Waals surface area contributed by atoms with Gasteiger partial charge >= 0.3 is 0 Å². The molecule has 1 aromatic rings. The molecule has 2 unspecified atom stereocenters. The predicted molar refractivity (Wildman–Crippen MR) is 57.5 cm³/mol. The fourth-order valence-electron chi connectivity index (χ4n) is 1.83. The van der Waals surface area contributed by atoms with Crippen molar-refractivity contribution < 1.29 is 5.11 Å². The summed E-state index contributed by atoms with van der Waals surface area (Å²) in [4.78, 5) is 5.38. The number of aliphatic hydroxyl groups excluding tert-OH is 1. The lowest BCUT2D eigenvalue weighted by Gasteiger charge is -2.26. The van der Waals surface area contributed by atoms with Crippen LogP contribution in [0.1, 0.15) is 35.3 Å². The zero-order valence-corrected chi connectivity index (χ0v) is 9.18. The molecular formula is C10H16N2OS. The molecule has 2 rings (SSSR count). The number of nitrogens with one attached hydrogen (secondary N) is 1. The average Bonchev–Trinajstić information content (AvgIpc) is 2.65. The quantitative estimate of drug-likeness (QED) is 0.783. The minimum atomic E-state index is -0.422. The zero-order chi connectivity index (χ0) is 9.97. The predicted octanol–water partition coefficient (Wildman–Crippen LogP) is 1.63. The molecule has 4 heteroatoms. The van der Waals surface area contributed by atoms with Crippen LogP contribution in [0.25, 0.3) is 0 Å². The Morgan fingerprint density at radius 3 is 3.07 bits per heavy atom. The van der Waals surface area contributed by atoms with Gasteiger partial charge in [0.25, 0.3) is 0 Å². The number of aliphatic hydroxyl groups is 1. The van der Waals surface area contributed by atoms with E-state index in [0.29, 0.717) is 0 Å². The van der Waals surface area contributed by atoms with E-state index in [1.54, 1.807) is 11.3 Å². The summed E-state index contributed by atoms with van der Waals surface area (Å²) in [6, 6.07) is 0.203. The van der Waals surface area contributed by atoms with E-state index in [1.807, 2.05) is 13.1 Å². The third-order valence-corrected chi connectivity index (χ3v) is 3.61. The first-order valence-corrected chi connectivity index (χ1v) is 5.93. The van der Waals surface area contributed by atoms with Crippen molar-refractivity contribution in [2.75, 3.05) is 6.54 Å². The molecule has 78 valence electrons. The highest BCUT2D eigenvalue weighted by Gasteiger charge is 2.24. The van der Waals surface area contributed by atoms with Crippen molar-refractivity contribution in [2.24, 2.45) is 0 Å². The van der Waals surface area contributed by atoms with Crippen molar-refractivity contribution in [3.05, 3.63) is 16.1 Å². The van der Waals surface area contributed by atoms with Gasteiger partial charge in [-0.3, -0.25) is 0 Å². The molecule has 0 radical (unpaired) electrons. The fourth-order valence-corrected chi connectivity index (χ4v) is 2.65. The summed E-state index contributed by atoms with van der Waals surface area (Å²) in [6.45, 7) is 3.04. The van der Waals surface area contributed by atoms with Crippen LogP contribution >= 0.6 is 11.3 Å². The highest BCUT2D eigenvalue weighted by Crippen LogP contribution is 2.25. The van der Waals surface area contributed by atoms with Crippen LogP contribution in [0.3, 0.4) is 0 Å². The largest absolute Gasteiger partial charge is 0.384 e. The number of hydrogen-bond donors (Lipinski definition) is 2. The molecule has 0 aliphatic carbocycles. The van der Waals surface area contributed by atoms with Gasteiger partial charge in [0, 0.05) is 17.1 Å². The third kappa shape index (κ3) is 2.13. The van der Waals surface area contributed by atoms with Crippen molar-refractivity contribution in [1.29, 1.82) is 0 Å². The first-order chi connectivity index (χ1) is 6.77. The average molecular weight is 212 g/mol. The first kappa shape index (κ1) is 10.1. The maximum Gasteiger partial charge on any atom is 0.123 e. The number of rotatable bonds is 2. The molecule has 1 aromatic heterocycles. The van der Waals surface area contributed by atoms with Crippen LogP contribution in [0.2, 0.25) is 0 Å². The highest BCUT2D eigenvalue weighted by atomic mass is 32.1. The van der Waals surface area contributed by atoms with Crippen molar-refractivity contribution in [1.82, 2.24) is 10.3 Å². The van der Waals surface area contributed by atoms with Gasteiger partial charge in [-0.25, -0.2) is 4.98 Å². The van der Waals surface area contributed by atoms with Crippen LogP contribution in [0.15, 0.2) is 6.20 Å². The number of piperidine rings is 1. The number of thiazole rings is 1. The molecular weight excluding hydrogens is 196 g/mol. The van der Waals surface area contributed by atoms with Crippen LogP contribution in [0, 0.1) is 6.92 Å². The van der Waals surface area contributed by atoms with Gasteiger partial charge in [-0.15, -0.1) is 11.3 Å². The summed E-state index contributed by atoms with van der Waals surface area (Å²) in [5, 5.41) is 14.2. The van der Waals surface area contributed by atoms with Gasteiger partial charge in [0.05, 0.1) is 0 Å². The molecule has 0 spiro atoms. The lowest BCUT2D eigenvalue weighted by Crippen LogP contribution is -2.38. The lowest BCUT2D eigenvalue weighted by molar-refractivity contribution is 0.113. The van der Waals surface area contributed by atoms with Crippen LogP contribution in [0.5, 0.6) is 0 Å². The normalized spacial score (nSPS) is 24.9. The molecule has 2 N–H and O–H groups in total. The Morgan fingerprint density at radius 2 is 2.50 bits per heavy atom. The van der Waals surface area contributed by atoms with Crippen LogP contribution < -0.4 is 5.32 Å². The molecule has 1 aliphatic rings. The SMILES string of the molecule is Cc1cnc(C(O)C2CCCCN2)s1. The Balaban J connectivity index is 2.03. The first-order valence-electron chi connectivity index (χ1n) is 5.11. The summed E-state index contributed by atoms with van der Waals surface area (Å²) in [6.07, 6.45) is 4.89. The molecule has 1 aliphatic heterocycles. The number of hydrogen-bond acceptors (Lipinski definition) is 4. The second kappa shape index (κ2) is 4.38. The standard InChI is InChI=1S/C10H16N2OS/c1-7-6-12-10(14-7)9(13)8-4-2-3-5-11-8/h6,8-9,11,13H,2-5H2,1H3. The molecule has 0 aromatic carbocycles. The lowest BCUT2D eigenvalue weighted by atomic mass is 10.0. The number of aryl methyl sites for hydroxylation is 1. The summed E-state index contributed by atoms with van der Waals surface area (Å²) in [5.74, 6) is 0. The minimum absolute atomic E-state index is 0.203. The van der Waals surface area contributed by atoms with E-state index in [4.69, 9.17) is 0 Å². The van der Waals surface area contributed by atoms with Gasteiger partial charge < -0.3 is 10.4 Å². The molecule has 2 heterocycles. The summed E-state index contributed by atoms with van der Waals surface area (Å²) in [7, 11) is 0. The van der Waals surface area contributed by atoms with E-state index in [-0.39, 0.29) is 6.04 Å². The monoisotopic (exact) mass is 212 g/mol. The maximum atomic E-state index is 10.0. The Morgan fingerprint density at radius 1 is 1.64 bits per heavy atom. The second-order valence-corrected chi connectivity index (χ2v) is 5.08. The Bertz CT molecular complexity index is 294. The Labute approximate surface area is 88.2 Å². The summed E-state index contributed by atoms with van der Waals surface area (Å²) in [5.41, 5.74) is 0. The van der Waals surface area contributed by atoms with E-state index in [2.05, 4.69) is 10.3 Å². The number of aromatic nitrogens is 1. The molecule has 0 amide bonds. The third-order valence-electron chi connectivity index (χ3n) is 2.62. The van der Waals surface area contributed by atoms with Crippen molar-refractivity contribution in [3.8, 4) is 0 Å². The molecule has 2 atom stereocenters. The molecule has 1 fully saturated rings. The zero-order valence-electron chi connectivity index (χ0n) is 8.36. The van der Waals surface area contributed by atoms with E-state index in [0.717, 1.165) is 22.9 Å². The molecule has 14 heavy (non-hydrogen) atoms. The van der Waals surface area contributed by atoms with E-state index < -0.39 is 6.10 Å². The van der Waals surface area contributed by atoms with E-state index in [1.165, 1.54) is 12.8 Å².